The fourth-order valence-corrected chi connectivity index (χ4v) is 5.73. The SMILES string of the molecule is Cc1nc(S(=O)(=O)Cc2cscn2)ccc1NCc1c(F)cccc1CN1CCC1(C)C.O=C(O)C(F)(F)F. The molecule has 4 rings (SSSR count). The summed E-state index contributed by atoms with van der Waals surface area (Å²) in [5.41, 5.74) is 5.05. The van der Waals surface area contributed by atoms with Crippen molar-refractivity contribution >= 4 is 32.8 Å². The Labute approximate surface area is 227 Å². The number of aromatic nitrogens is 2. The molecule has 212 valence electrons. The van der Waals surface area contributed by atoms with E-state index in [1.165, 1.54) is 23.5 Å². The summed E-state index contributed by atoms with van der Waals surface area (Å²) in [6, 6.07) is 8.36. The molecule has 3 aromatic rings. The summed E-state index contributed by atoms with van der Waals surface area (Å²) in [5.74, 6) is -3.19. The Bertz CT molecular complexity index is 1410. The Kier molecular flexibility index (Phi) is 9.34. The van der Waals surface area contributed by atoms with Crippen molar-refractivity contribution in [1.82, 2.24) is 14.9 Å². The van der Waals surface area contributed by atoms with Gasteiger partial charge in [0.25, 0.3) is 0 Å². The Hall–Kier alpha value is -3.10. The first-order valence-corrected chi connectivity index (χ1v) is 14.3. The molecule has 0 spiro atoms. The Morgan fingerprint density at radius 3 is 2.44 bits per heavy atom. The van der Waals surface area contributed by atoms with Gasteiger partial charge in [0.2, 0.25) is 9.84 Å². The third kappa shape index (κ3) is 7.96. The van der Waals surface area contributed by atoms with E-state index in [1.807, 2.05) is 6.07 Å². The Morgan fingerprint density at radius 2 is 1.92 bits per heavy atom. The summed E-state index contributed by atoms with van der Waals surface area (Å²) in [5, 5.41) is 12.1. The summed E-state index contributed by atoms with van der Waals surface area (Å²) in [7, 11) is -3.58. The van der Waals surface area contributed by atoms with E-state index >= 15 is 0 Å². The van der Waals surface area contributed by atoms with Crippen molar-refractivity contribution in [2.24, 2.45) is 0 Å². The van der Waals surface area contributed by atoms with Gasteiger partial charge in [-0.1, -0.05) is 12.1 Å². The topological polar surface area (TPSA) is 112 Å². The quantitative estimate of drug-likeness (QED) is 0.346. The smallest absolute Gasteiger partial charge is 0.475 e. The van der Waals surface area contributed by atoms with Crippen molar-refractivity contribution in [3.8, 4) is 0 Å². The zero-order chi connectivity index (χ0) is 29.0. The predicted molar refractivity (Wildman–Crippen MR) is 139 cm³/mol. The van der Waals surface area contributed by atoms with E-state index in [1.54, 1.807) is 29.9 Å². The highest BCUT2D eigenvalue weighted by Crippen LogP contribution is 2.32. The number of nitrogens with zero attached hydrogens (tertiary/aromatic N) is 3. The van der Waals surface area contributed by atoms with Crippen LogP contribution in [0.1, 0.15) is 42.8 Å². The fraction of sp³-hybridized carbons (Fsp3) is 0.400. The number of likely N-dealkylation sites (tertiary alicyclic amines) is 1. The molecule has 0 amide bonds. The largest absolute Gasteiger partial charge is 0.490 e. The number of halogens is 4. The predicted octanol–water partition coefficient (Wildman–Crippen LogP) is 5.19. The molecule has 0 unspecified atom stereocenters. The van der Waals surface area contributed by atoms with Crippen molar-refractivity contribution in [2.45, 2.75) is 62.8 Å². The van der Waals surface area contributed by atoms with Gasteiger partial charge in [0.1, 0.15) is 5.82 Å². The zero-order valence-corrected chi connectivity index (χ0v) is 23.1. The van der Waals surface area contributed by atoms with Gasteiger partial charge in [-0.05, 0) is 51.0 Å². The minimum atomic E-state index is -5.08. The van der Waals surface area contributed by atoms with Gasteiger partial charge in [-0.25, -0.2) is 27.6 Å². The average Bonchev–Trinajstić information content (AvgIpc) is 3.34. The van der Waals surface area contributed by atoms with E-state index < -0.39 is 22.0 Å². The summed E-state index contributed by atoms with van der Waals surface area (Å²) in [6.07, 6.45) is -3.95. The minimum absolute atomic E-state index is 0.0140. The van der Waals surface area contributed by atoms with E-state index in [9.17, 15) is 26.0 Å². The molecule has 14 heteroatoms. The van der Waals surface area contributed by atoms with Crippen LogP contribution in [-0.4, -0.2) is 52.6 Å². The van der Waals surface area contributed by atoms with Gasteiger partial charge in [-0.3, -0.25) is 4.90 Å². The third-order valence-corrected chi connectivity index (χ3v) is 8.50. The molecular weight excluding hydrogens is 560 g/mol. The van der Waals surface area contributed by atoms with E-state index in [4.69, 9.17) is 9.90 Å². The van der Waals surface area contributed by atoms with E-state index in [0.29, 0.717) is 35.7 Å². The van der Waals surface area contributed by atoms with Crippen LogP contribution in [0.15, 0.2) is 46.2 Å². The molecule has 1 aliphatic heterocycles. The summed E-state index contributed by atoms with van der Waals surface area (Å²) in [6.45, 7) is 8.15. The molecule has 0 aliphatic carbocycles. The van der Waals surface area contributed by atoms with Crippen molar-refractivity contribution < 1.29 is 35.9 Å². The first-order chi connectivity index (χ1) is 18.1. The van der Waals surface area contributed by atoms with Gasteiger partial charge in [0.15, 0.2) is 5.03 Å². The first kappa shape index (κ1) is 30.4. The van der Waals surface area contributed by atoms with Gasteiger partial charge >= 0.3 is 12.1 Å². The molecule has 0 atom stereocenters. The minimum Gasteiger partial charge on any atom is -0.475 e. The van der Waals surface area contributed by atoms with Gasteiger partial charge in [-0.2, -0.15) is 13.2 Å². The fourth-order valence-electron chi connectivity index (χ4n) is 3.82. The maximum atomic E-state index is 14.7. The number of rotatable bonds is 8. The monoisotopic (exact) mass is 588 g/mol. The number of carboxylic acids is 1. The molecule has 1 aliphatic rings. The Morgan fingerprint density at radius 1 is 1.23 bits per heavy atom. The van der Waals surface area contributed by atoms with Crippen molar-refractivity contribution in [2.75, 3.05) is 11.9 Å². The summed E-state index contributed by atoms with van der Waals surface area (Å²) < 4.78 is 71.7. The molecule has 2 aromatic heterocycles. The number of nitrogens with one attached hydrogen (secondary N) is 1. The van der Waals surface area contributed by atoms with Crippen LogP contribution in [0.25, 0.3) is 0 Å². The van der Waals surface area contributed by atoms with Crippen molar-refractivity contribution in [3.63, 3.8) is 0 Å². The van der Waals surface area contributed by atoms with Crippen LogP contribution in [0.2, 0.25) is 0 Å². The van der Waals surface area contributed by atoms with Crippen LogP contribution >= 0.6 is 11.3 Å². The Balaban J connectivity index is 0.000000532. The van der Waals surface area contributed by atoms with Gasteiger partial charge in [0, 0.05) is 36.1 Å². The second-order valence-electron chi connectivity index (χ2n) is 9.54. The highest BCUT2D eigenvalue weighted by atomic mass is 32.2. The molecule has 3 heterocycles. The molecule has 1 aromatic carbocycles. The summed E-state index contributed by atoms with van der Waals surface area (Å²) >= 11 is 1.36. The number of anilines is 1. The zero-order valence-electron chi connectivity index (χ0n) is 21.4. The molecule has 1 fully saturated rings. The number of sulfone groups is 1. The van der Waals surface area contributed by atoms with Gasteiger partial charge < -0.3 is 10.4 Å². The lowest BCUT2D eigenvalue weighted by atomic mass is 9.88. The summed E-state index contributed by atoms with van der Waals surface area (Å²) in [4.78, 5) is 19.6. The molecule has 2 N–H and O–H groups in total. The molecule has 0 saturated carbocycles. The number of aryl methyl sites for hydroxylation is 1. The van der Waals surface area contributed by atoms with Crippen molar-refractivity contribution in [3.05, 3.63) is 69.6 Å². The lowest BCUT2D eigenvalue weighted by Gasteiger charge is -2.48. The lowest BCUT2D eigenvalue weighted by Crippen LogP contribution is -2.55. The van der Waals surface area contributed by atoms with Crippen LogP contribution in [0.4, 0.5) is 23.2 Å². The average molecular weight is 589 g/mol. The highest BCUT2D eigenvalue weighted by molar-refractivity contribution is 7.90. The number of aliphatic carboxylic acids is 1. The second-order valence-corrected chi connectivity index (χ2v) is 12.2. The van der Waals surface area contributed by atoms with Crippen LogP contribution in [0.5, 0.6) is 0 Å². The maximum Gasteiger partial charge on any atom is 0.490 e. The van der Waals surface area contributed by atoms with Crippen LogP contribution in [-0.2, 0) is 33.5 Å². The number of benzene rings is 1. The maximum absolute atomic E-state index is 14.7. The molecule has 0 bridgehead atoms. The van der Waals surface area contributed by atoms with E-state index in [0.717, 1.165) is 18.5 Å². The molecule has 1 saturated heterocycles. The van der Waals surface area contributed by atoms with Crippen LogP contribution < -0.4 is 5.32 Å². The highest BCUT2D eigenvalue weighted by Gasteiger charge is 2.38. The first-order valence-electron chi connectivity index (χ1n) is 11.7. The lowest BCUT2D eigenvalue weighted by molar-refractivity contribution is -0.192. The number of pyridine rings is 1. The van der Waals surface area contributed by atoms with E-state index in [-0.39, 0.29) is 22.1 Å². The van der Waals surface area contributed by atoms with Crippen LogP contribution in [0.3, 0.4) is 0 Å². The van der Waals surface area contributed by atoms with Gasteiger partial charge in [-0.15, -0.1) is 11.3 Å². The number of alkyl halides is 3. The van der Waals surface area contributed by atoms with E-state index in [2.05, 4.69) is 34.0 Å². The van der Waals surface area contributed by atoms with Crippen molar-refractivity contribution in [1.29, 1.82) is 0 Å². The number of carboxylic acid groups (broad SMARTS) is 1. The molecule has 0 radical (unpaired) electrons. The number of carbonyl (C=O) groups is 1. The second kappa shape index (κ2) is 12.0. The number of thiazole rings is 1. The molecule has 8 nitrogen and oxygen atoms in total. The number of hydrogen-bond acceptors (Lipinski definition) is 8. The van der Waals surface area contributed by atoms with Crippen LogP contribution in [0, 0.1) is 12.7 Å². The number of hydrogen-bond donors (Lipinski definition) is 2. The third-order valence-electron chi connectivity index (χ3n) is 6.33. The normalized spacial score (nSPS) is 15.2. The molecule has 39 heavy (non-hydrogen) atoms. The standard InChI is InChI=1S/C23H27FN4O2S2.C2HF3O2/c1-16-21(7-8-22(27-16)32(29,30)14-18-13-31-15-26-18)25-11-19-17(5-4-6-20(19)24)12-28-10-9-23(28,2)3;3-2(4,5)1(6)7/h4-8,13,15,25H,9-12,14H2,1-3H3;(H,6,7). The molecular formula is C25H28F4N4O4S2. The van der Waals surface area contributed by atoms with Gasteiger partial charge in [0.05, 0.1) is 28.3 Å².